The molecule has 0 aliphatic carbocycles. The molecule has 19 heavy (non-hydrogen) atoms. The third-order valence-corrected chi connectivity index (χ3v) is 3.41. The lowest BCUT2D eigenvalue weighted by atomic mass is 9.97. The van der Waals surface area contributed by atoms with Crippen molar-refractivity contribution in [2.45, 2.75) is 11.9 Å². The number of aliphatic hydroxyl groups excluding tert-OH is 1. The zero-order valence-corrected chi connectivity index (χ0v) is 11.0. The first-order chi connectivity index (χ1) is 9.08. The molecule has 0 aliphatic rings. The van der Waals surface area contributed by atoms with Crippen LogP contribution < -0.4 is 5.73 Å². The van der Waals surface area contributed by atoms with Crippen LogP contribution in [0.2, 0.25) is 0 Å². The summed E-state index contributed by atoms with van der Waals surface area (Å²) in [5.41, 5.74) is 8.20. The number of hydrogen-bond donors (Lipinski definition) is 3. The number of rotatable bonds is 4. The van der Waals surface area contributed by atoms with Gasteiger partial charge in [0.15, 0.2) is 11.1 Å². The summed E-state index contributed by atoms with van der Waals surface area (Å²) in [4.78, 5) is 0. The van der Waals surface area contributed by atoms with Crippen LogP contribution in [0.1, 0.15) is 22.8 Å². The third-order valence-electron chi connectivity index (χ3n) is 2.86. The third kappa shape index (κ3) is 3.41. The molecule has 0 saturated carbocycles. The van der Waals surface area contributed by atoms with Gasteiger partial charge >= 0.3 is 0 Å². The van der Waals surface area contributed by atoms with E-state index in [0.29, 0.717) is 22.4 Å². The number of anilines is 1. The van der Waals surface area contributed by atoms with Crippen LogP contribution >= 0.6 is 0 Å². The van der Waals surface area contributed by atoms with Gasteiger partial charge in [0.25, 0.3) is 0 Å². The summed E-state index contributed by atoms with van der Waals surface area (Å²) in [6.45, 7) is 0. The van der Waals surface area contributed by atoms with Gasteiger partial charge < -0.3 is 15.4 Å². The van der Waals surface area contributed by atoms with E-state index >= 15 is 0 Å². The van der Waals surface area contributed by atoms with Crippen LogP contribution in [0.5, 0.6) is 0 Å². The largest absolute Gasteiger partial charge is 0.399 e. The van der Waals surface area contributed by atoms with Crippen molar-refractivity contribution < 1.29 is 13.9 Å². The molecule has 0 radical (unpaired) electrons. The van der Waals surface area contributed by atoms with E-state index in [9.17, 15) is 9.32 Å². The second-order valence-corrected chi connectivity index (χ2v) is 5.17. The molecule has 0 fully saturated rings. The predicted octanol–water partition coefficient (Wildman–Crippen LogP) is 2.07. The van der Waals surface area contributed by atoms with E-state index in [4.69, 9.17) is 10.3 Å². The van der Waals surface area contributed by atoms with Crippen molar-refractivity contribution in [3.05, 3.63) is 65.2 Å². The molecular formula is C14H15NO3S. The van der Waals surface area contributed by atoms with Gasteiger partial charge in [-0.25, -0.2) is 4.21 Å². The fraction of sp³-hybridized carbons (Fsp3) is 0.143. The van der Waals surface area contributed by atoms with Crippen molar-refractivity contribution in [1.82, 2.24) is 0 Å². The van der Waals surface area contributed by atoms with Crippen molar-refractivity contribution in [2.75, 3.05) is 5.73 Å². The number of nitrogens with two attached hydrogens (primary N) is 1. The Labute approximate surface area is 114 Å². The molecule has 0 aromatic heterocycles. The van der Waals surface area contributed by atoms with Crippen LogP contribution in [0.3, 0.4) is 0 Å². The molecule has 2 atom stereocenters. The van der Waals surface area contributed by atoms with Crippen molar-refractivity contribution in [2.24, 2.45) is 0 Å². The highest BCUT2D eigenvalue weighted by Gasteiger charge is 2.15. The first-order valence-corrected chi connectivity index (χ1v) is 7.04. The minimum atomic E-state index is -1.94. The Kier molecular flexibility index (Phi) is 4.31. The maximum atomic E-state index is 10.9. The maximum Gasteiger partial charge on any atom is 0.157 e. The molecule has 2 rings (SSSR count). The number of benzene rings is 2. The summed E-state index contributed by atoms with van der Waals surface area (Å²) in [5, 5.41) is 10.4. The topological polar surface area (TPSA) is 83.5 Å². The zero-order chi connectivity index (χ0) is 13.8. The van der Waals surface area contributed by atoms with Crippen molar-refractivity contribution in [3.8, 4) is 0 Å². The van der Waals surface area contributed by atoms with E-state index in [2.05, 4.69) is 0 Å². The monoisotopic (exact) mass is 277 g/mol. The molecule has 0 bridgehead atoms. The predicted molar refractivity (Wildman–Crippen MR) is 75.8 cm³/mol. The summed E-state index contributed by atoms with van der Waals surface area (Å²) >= 11 is -1.94. The first kappa shape index (κ1) is 13.7. The van der Waals surface area contributed by atoms with Gasteiger partial charge in [-0.1, -0.05) is 36.4 Å². The molecule has 0 amide bonds. The van der Waals surface area contributed by atoms with E-state index in [0.717, 1.165) is 0 Å². The quantitative estimate of drug-likeness (QED) is 0.590. The fourth-order valence-corrected chi connectivity index (χ4v) is 2.50. The molecule has 2 unspecified atom stereocenters. The summed E-state index contributed by atoms with van der Waals surface area (Å²) < 4.78 is 19.9. The lowest BCUT2D eigenvalue weighted by Gasteiger charge is -2.15. The zero-order valence-electron chi connectivity index (χ0n) is 10.2. The highest BCUT2D eigenvalue weighted by Crippen LogP contribution is 2.26. The van der Waals surface area contributed by atoms with E-state index in [-0.39, 0.29) is 5.75 Å². The summed E-state index contributed by atoms with van der Waals surface area (Å²) in [6, 6.07) is 14.0. The molecule has 2 aromatic rings. The molecule has 2 aromatic carbocycles. The highest BCUT2D eigenvalue weighted by molar-refractivity contribution is 7.78. The summed E-state index contributed by atoms with van der Waals surface area (Å²) in [5.74, 6) is -0.00442. The molecule has 0 aliphatic heterocycles. The van der Waals surface area contributed by atoms with E-state index in [1.165, 1.54) is 0 Å². The molecule has 4 nitrogen and oxygen atoms in total. The standard InChI is InChI=1S/C14H15NO3S/c15-12-6-3-5-10(8-12)14(16)13-7-2-1-4-11(13)9-19(17)18/h1-8,14,16H,9,15H2,(H,17,18). The van der Waals surface area contributed by atoms with Gasteiger partial charge in [-0.05, 0) is 28.8 Å². The van der Waals surface area contributed by atoms with Crippen LogP contribution in [0, 0.1) is 0 Å². The summed E-state index contributed by atoms with van der Waals surface area (Å²) in [6.07, 6.45) is -0.858. The Morgan fingerprint density at radius 1 is 1.16 bits per heavy atom. The molecule has 0 spiro atoms. The summed E-state index contributed by atoms with van der Waals surface area (Å²) in [7, 11) is 0. The van der Waals surface area contributed by atoms with E-state index in [1.54, 1.807) is 48.5 Å². The Hall–Kier alpha value is -1.69. The lowest BCUT2D eigenvalue weighted by molar-refractivity contribution is 0.219. The number of nitrogen functional groups attached to an aromatic ring is 1. The lowest BCUT2D eigenvalue weighted by Crippen LogP contribution is -2.06. The molecule has 5 heteroatoms. The molecule has 0 saturated heterocycles. The van der Waals surface area contributed by atoms with Crippen LogP contribution in [-0.4, -0.2) is 13.9 Å². The molecule has 100 valence electrons. The van der Waals surface area contributed by atoms with Crippen LogP contribution in [-0.2, 0) is 16.8 Å². The van der Waals surface area contributed by atoms with Gasteiger partial charge in [-0.3, -0.25) is 0 Å². The minimum absolute atomic E-state index is 0.00442. The smallest absolute Gasteiger partial charge is 0.157 e. The maximum absolute atomic E-state index is 10.9. The normalized spacial score (nSPS) is 14.0. The van der Waals surface area contributed by atoms with Gasteiger partial charge in [-0.15, -0.1) is 0 Å². The van der Waals surface area contributed by atoms with Gasteiger partial charge in [0, 0.05) is 5.69 Å². The van der Waals surface area contributed by atoms with Crippen LogP contribution in [0.25, 0.3) is 0 Å². The van der Waals surface area contributed by atoms with Crippen molar-refractivity contribution >= 4 is 16.8 Å². The Balaban J connectivity index is 2.38. The van der Waals surface area contributed by atoms with Gasteiger partial charge in [0.1, 0.15) is 6.10 Å². The molecular weight excluding hydrogens is 262 g/mol. The Morgan fingerprint density at radius 2 is 1.89 bits per heavy atom. The highest BCUT2D eigenvalue weighted by atomic mass is 32.2. The SMILES string of the molecule is Nc1cccc(C(O)c2ccccc2CS(=O)O)c1. The second kappa shape index (κ2) is 5.97. The molecule has 4 N–H and O–H groups in total. The Morgan fingerprint density at radius 3 is 2.58 bits per heavy atom. The van der Waals surface area contributed by atoms with Crippen molar-refractivity contribution in [3.63, 3.8) is 0 Å². The molecule has 0 heterocycles. The van der Waals surface area contributed by atoms with Crippen LogP contribution in [0.4, 0.5) is 5.69 Å². The second-order valence-electron chi connectivity index (χ2n) is 4.24. The average Bonchev–Trinajstić information content (AvgIpc) is 2.38. The first-order valence-electron chi connectivity index (χ1n) is 5.76. The van der Waals surface area contributed by atoms with Gasteiger partial charge in [-0.2, -0.15) is 0 Å². The van der Waals surface area contributed by atoms with Crippen molar-refractivity contribution in [1.29, 1.82) is 0 Å². The van der Waals surface area contributed by atoms with Gasteiger partial charge in [0.2, 0.25) is 0 Å². The van der Waals surface area contributed by atoms with Gasteiger partial charge in [0.05, 0.1) is 5.75 Å². The number of hydrogen-bond acceptors (Lipinski definition) is 3. The average molecular weight is 277 g/mol. The van der Waals surface area contributed by atoms with E-state index in [1.807, 2.05) is 0 Å². The van der Waals surface area contributed by atoms with Crippen LogP contribution in [0.15, 0.2) is 48.5 Å². The minimum Gasteiger partial charge on any atom is -0.399 e. The fourth-order valence-electron chi connectivity index (χ4n) is 1.97. The Bertz CT molecular complexity index is 601. The van der Waals surface area contributed by atoms with E-state index < -0.39 is 17.2 Å². The number of aliphatic hydroxyl groups is 1.